The first-order chi connectivity index (χ1) is 7.58. The van der Waals surface area contributed by atoms with Crippen LogP contribution in [0.25, 0.3) is 5.69 Å². The summed E-state index contributed by atoms with van der Waals surface area (Å²) in [5, 5.41) is 7.49. The lowest BCUT2D eigenvalue weighted by Crippen LogP contribution is -1.99. The van der Waals surface area contributed by atoms with E-state index in [9.17, 15) is 4.39 Å². The maximum Gasteiger partial charge on any atom is 0.148 e. The Morgan fingerprint density at radius 3 is 2.81 bits per heavy atom. The molecule has 0 N–H and O–H groups in total. The molecule has 5 heteroatoms. The van der Waals surface area contributed by atoms with Gasteiger partial charge in [-0.1, -0.05) is 11.3 Å². The van der Waals surface area contributed by atoms with Gasteiger partial charge in [-0.3, -0.25) is 0 Å². The van der Waals surface area contributed by atoms with Gasteiger partial charge in [0.05, 0.1) is 11.6 Å². The number of hydrogen-bond donors (Lipinski definition) is 0. The molecular formula is C11H11ClFN3. The smallest absolute Gasteiger partial charge is 0.148 e. The quantitative estimate of drug-likeness (QED) is 0.755. The summed E-state index contributed by atoms with van der Waals surface area (Å²) in [5.74, 6) is -0.329. The van der Waals surface area contributed by atoms with Crippen molar-refractivity contribution in [3.05, 3.63) is 41.5 Å². The molecule has 1 unspecified atom stereocenters. The summed E-state index contributed by atoms with van der Waals surface area (Å²) in [6, 6.07) is 4.84. The first kappa shape index (κ1) is 11.1. The Morgan fingerprint density at radius 2 is 2.19 bits per heavy atom. The molecule has 0 aliphatic carbocycles. The molecule has 0 fully saturated rings. The minimum absolute atomic E-state index is 0.235. The first-order valence-electron chi connectivity index (χ1n) is 4.91. The van der Waals surface area contributed by atoms with E-state index in [1.165, 1.54) is 10.7 Å². The van der Waals surface area contributed by atoms with Gasteiger partial charge in [-0.05, 0) is 31.5 Å². The fourth-order valence-electron chi connectivity index (χ4n) is 1.38. The van der Waals surface area contributed by atoms with Crippen LogP contribution < -0.4 is 0 Å². The van der Waals surface area contributed by atoms with Crippen LogP contribution in [-0.4, -0.2) is 15.0 Å². The van der Waals surface area contributed by atoms with E-state index in [4.69, 9.17) is 11.6 Å². The van der Waals surface area contributed by atoms with Gasteiger partial charge in [0.15, 0.2) is 0 Å². The summed E-state index contributed by atoms with van der Waals surface area (Å²) in [6.45, 7) is 3.69. The van der Waals surface area contributed by atoms with E-state index in [1.807, 2.05) is 6.92 Å². The van der Waals surface area contributed by atoms with Crippen LogP contribution in [0.4, 0.5) is 4.39 Å². The zero-order chi connectivity index (χ0) is 11.7. The molecular weight excluding hydrogens is 229 g/mol. The van der Waals surface area contributed by atoms with Crippen molar-refractivity contribution >= 4 is 11.6 Å². The van der Waals surface area contributed by atoms with Crippen LogP contribution in [0.1, 0.15) is 23.6 Å². The molecule has 1 heterocycles. The molecule has 1 aromatic heterocycles. The van der Waals surface area contributed by atoms with Crippen LogP contribution in [0.15, 0.2) is 24.4 Å². The summed E-state index contributed by atoms with van der Waals surface area (Å²) in [4.78, 5) is 0. The molecule has 0 bridgehead atoms. The average molecular weight is 240 g/mol. The van der Waals surface area contributed by atoms with E-state index in [0.717, 1.165) is 5.56 Å². The van der Waals surface area contributed by atoms with Crippen LogP contribution in [0.5, 0.6) is 0 Å². The predicted molar refractivity (Wildman–Crippen MR) is 60.3 cm³/mol. The highest BCUT2D eigenvalue weighted by Gasteiger charge is 2.10. The number of rotatable bonds is 2. The monoisotopic (exact) mass is 239 g/mol. The van der Waals surface area contributed by atoms with Crippen molar-refractivity contribution in [2.24, 2.45) is 0 Å². The zero-order valence-corrected chi connectivity index (χ0v) is 9.74. The fourth-order valence-corrected chi connectivity index (χ4v) is 1.47. The molecule has 1 aromatic carbocycles. The molecule has 16 heavy (non-hydrogen) atoms. The molecule has 0 saturated carbocycles. The molecule has 2 rings (SSSR count). The van der Waals surface area contributed by atoms with E-state index >= 15 is 0 Å². The van der Waals surface area contributed by atoms with E-state index in [2.05, 4.69) is 10.3 Å². The van der Waals surface area contributed by atoms with Gasteiger partial charge in [0.1, 0.15) is 17.2 Å². The van der Waals surface area contributed by atoms with Crippen LogP contribution in [0.2, 0.25) is 0 Å². The molecule has 0 radical (unpaired) electrons. The second-order valence-corrected chi connectivity index (χ2v) is 4.31. The minimum Gasteiger partial charge on any atom is -0.217 e. The minimum atomic E-state index is -0.329. The highest BCUT2D eigenvalue weighted by molar-refractivity contribution is 6.20. The van der Waals surface area contributed by atoms with Gasteiger partial charge in [-0.2, -0.15) is 0 Å². The number of aryl methyl sites for hydroxylation is 1. The van der Waals surface area contributed by atoms with Crippen LogP contribution in [0.3, 0.4) is 0 Å². The third-order valence-electron chi connectivity index (χ3n) is 2.27. The average Bonchev–Trinajstić information content (AvgIpc) is 2.70. The van der Waals surface area contributed by atoms with Crippen LogP contribution in [0, 0.1) is 12.7 Å². The SMILES string of the molecule is Cc1ccc(F)c(-n2cc(C(C)Cl)nn2)c1. The maximum absolute atomic E-state index is 13.5. The van der Waals surface area contributed by atoms with Crippen molar-refractivity contribution in [1.29, 1.82) is 0 Å². The van der Waals surface area contributed by atoms with Crippen LogP contribution in [-0.2, 0) is 0 Å². The van der Waals surface area contributed by atoms with E-state index in [1.54, 1.807) is 25.3 Å². The Kier molecular flexibility index (Phi) is 2.92. The lowest BCUT2D eigenvalue weighted by atomic mass is 10.2. The Bertz CT molecular complexity index is 508. The van der Waals surface area contributed by atoms with Gasteiger partial charge < -0.3 is 0 Å². The summed E-state index contributed by atoms with van der Waals surface area (Å²) in [7, 11) is 0. The highest BCUT2D eigenvalue weighted by Crippen LogP contribution is 2.19. The molecule has 0 saturated heterocycles. The van der Waals surface area contributed by atoms with Crippen molar-refractivity contribution in [1.82, 2.24) is 15.0 Å². The van der Waals surface area contributed by atoms with Gasteiger partial charge in [0.25, 0.3) is 0 Å². The van der Waals surface area contributed by atoms with E-state index < -0.39 is 0 Å². The number of alkyl halides is 1. The second-order valence-electron chi connectivity index (χ2n) is 3.66. The first-order valence-corrected chi connectivity index (χ1v) is 5.34. The fraction of sp³-hybridized carbons (Fsp3) is 0.273. The number of hydrogen-bond acceptors (Lipinski definition) is 2. The molecule has 0 amide bonds. The second kappa shape index (κ2) is 4.22. The number of halogens is 2. The number of nitrogens with zero attached hydrogens (tertiary/aromatic N) is 3. The van der Waals surface area contributed by atoms with Crippen molar-refractivity contribution in [3.63, 3.8) is 0 Å². The third kappa shape index (κ3) is 2.07. The normalized spacial score (nSPS) is 12.8. The molecule has 0 aliphatic rings. The van der Waals surface area contributed by atoms with Crippen molar-refractivity contribution in [2.45, 2.75) is 19.2 Å². The molecule has 84 valence electrons. The summed E-state index contributed by atoms with van der Waals surface area (Å²) >= 11 is 5.87. The topological polar surface area (TPSA) is 30.7 Å². The van der Waals surface area contributed by atoms with Crippen molar-refractivity contribution < 1.29 is 4.39 Å². The lowest BCUT2D eigenvalue weighted by molar-refractivity contribution is 0.606. The largest absolute Gasteiger partial charge is 0.217 e. The summed E-state index contributed by atoms with van der Waals surface area (Å²) < 4.78 is 14.9. The molecule has 2 aromatic rings. The predicted octanol–water partition coefficient (Wildman–Crippen LogP) is 3.01. The number of aromatic nitrogens is 3. The van der Waals surface area contributed by atoms with Crippen LogP contribution >= 0.6 is 11.6 Å². The van der Waals surface area contributed by atoms with Gasteiger partial charge >= 0.3 is 0 Å². The Hall–Kier alpha value is -1.42. The Balaban J connectivity index is 2.46. The summed E-state index contributed by atoms with van der Waals surface area (Å²) in [6.07, 6.45) is 1.63. The van der Waals surface area contributed by atoms with E-state index in [-0.39, 0.29) is 11.2 Å². The maximum atomic E-state index is 13.5. The third-order valence-corrected chi connectivity index (χ3v) is 2.49. The number of benzene rings is 1. The summed E-state index contributed by atoms with van der Waals surface area (Å²) in [5.41, 5.74) is 1.98. The van der Waals surface area contributed by atoms with Crippen molar-refractivity contribution in [2.75, 3.05) is 0 Å². The highest BCUT2D eigenvalue weighted by atomic mass is 35.5. The Labute approximate surface area is 97.8 Å². The zero-order valence-electron chi connectivity index (χ0n) is 8.98. The van der Waals surface area contributed by atoms with Gasteiger partial charge in [0.2, 0.25) is 0 Å². The van der Waals surface area contributed by atoms with E-state index in [0.29, 0.717) is 11.4 Å². The van der Waals surface area contributed by atoms with Gasteiger partial charge in [-0.15, -0.1) is 16.7 Å². The van der Waals surface area contributed by atoms with Gasteiger partial charge in [0, 0.05) is 0 Å². The molecule has 1 atom stereocenters. The van der Waals surface area contributed by atoms with Gasteiger partial charge in [-0.25, -0.2) is 9.07 Å². The molecule has 0 spiro atoms. The Morgan fingerprint density at radius 1 is 1.44 bits per heavy atom. The lowest BCUT2D eigenvalue weighted by Gasteiger charge is -2.02. The standard InChI is InChI=1S/C11H11ClFN3/c1-7-3-4-9(13)11(5-7)16-6-10(8(2)12)14-15-16/h3-6,8H,1-2H3. The van der Waals surface area contributed by atoms with Crippen molar-refractivity contribution in [3.8, 4) is 5.69 Å². The molecule has 0 aliphatic heterocycles. The molecule has 3 nitrogen and oxygen atoms in total.